The van der Waals surface area contributed by atoms with Crippen molar-refractivity contribution >= 4 is 34.3 Å². The summed E-state index contributed by atoms with van der Waals surface area (Å²) in [4.78, 5) is 46.8. The third kappa shape index (κ3) is 3.82. The van der Waals surface area contributed by atoms with Crippen LogP contribution in [0.4, 0.5) is 5.69 Å². The molecule has 0 radical (unpaired) electrons. The summed E-state index contributed by atoms with van der Waals surface area (Å²) in [5, 5.41) is 3.70. The fraction of sp³-hybridized carbons (Fsp3) is 0.414. The van der Waals surface area contributed by atoms with Crippen molar-refractivity contribution in [3.05, 3.63) is 65.4 Å². The van der Waals surface area contributed by atoms with E-state index in [1.807, 2.05) is 12.1 Å². The predicted molar refractivity (Wildman–Crippen MR) is 140 cm³/mol. The van der Waals surface area contributed by atoms with Gasteiger partial charge in [-0.1, -0.05) is 18.2 Å². The molecule has 8 nitrogen and oxygen atoms in total. The van der Waals surface area contributed by atoms with Crippen molar-refractivity contribution in [3.63, 3.8) is 0 Å². The molecule has 2 aromatic carbocycles. The summed E-state index contributed by atoms with van der Waals surface area (Å²) in [6.45, 7) is 5.76. The molecule has 0 aliphatic carbocycles. The molecule has 37 heavy (non-hydrogen) atoms. The van der Waals surface area contributed by atoms with Gasteiger partial charge in [0.25, 0.3) is 5.91 Å². The highest BCUT2D eigenvalue weighted by atomic mass is 16.2. The van der Waals surface area contributed by atoms with Gasteiger partial charge in [0.15, 0.2) is 0 Å². The van der Waals surface area contributed by atoms with Crippen LogP contribution in [0.25, 0.3) is 10.9 Å². The number of rotatable bonds is 4. The Morgan fingerprint density at radius 1 is 1.00 bits per heavy atom. The maximum Gasteiger partial charge on any atom is 0.255 e. The molecule has 190 valence electrons. The van der Waals surface area contributed by atoms with Gasteiger partial charge in [0.1, 0.15) is 6.04 Å². The lowest BCUT2D eigenvalue weighted by Gasteiger charge is -2.55. The number of anilines is 1. The Morgan fingerprint density at radius 3 is 2.62 bits per heavy atom. The number of piperidine rings is 2. The lowest BCUT2D eigenvalue weighted by Crippen LogP contribution is -2.60. The largest absolute Gasteiger partial charge is 0.370 e. The number of amides is 3. The molecule has 0 bridgehead atoms. The molecule has 4 aliphatic heterocycles. The lowest BCUT2D eigenvalue weighted by atomic mass is 9.71. The summed E-state index contributed by atoms with van der Waals surface area (Å²) >= 11 is 0. The average Bonchev–Trinajstić information content (AvgIpc) is 3.44. The molecule has 1 atom stereocenters. The van der Waals surface area contributed by atoms with Crippen LogP contribution in [0.2, 0.25) is 0 Å². The zero-order valence-corrected chi connectivity index (χ0v) is 20.8. The maximum atomic E-state index is 13.0. The Labute approximate surface area is 215 Å². The van der Waals surface area contributed by atoms with Gasteiger partial charge in [-0.25, -0.2) is 0 Å². The second-order valence-electron chi connectivity index (χ2n) is 11.2. The quantitative estimate of drug-likeness (QED) is 0.541. The van der Waals surface area contributed by atoms with E-state index >= 15 is 0 Å². The van der Waals surface area contributed by atoms with E-state index < -0.39 is 6.04 Å². The number of imide groups is 1. The number of benzene rings is 2. The number of likely N-dealkylation sites (tertiary alicyclic amines) is 1. The smallest absolute Gasteiger partial charge is 0.255 e. The molecule has 1 aromatic heterocycles. The molecular weight excluding hydrogens is 466 g/mol. The number of aromatic nitrogens is 1. The van der Waals surface area contributed by atoms with Gasteiger partial charge in [-0.3, -0.25) is 24.6 Å². The van der Waals surface area contributed by atoms with Gasteiger partial charge < -0.3 is 14.8 Å². The third-order valence-corrected chi connectivity index (χ3v) is 8.91. The van der Waals surface area contributed by atoms with Crippen molar-refractivity contribution in [1.29, 1.82) is 0 Å². The minimum atomic E-state index is -0.567. The minimum Gasteiger partial charge on any atom is -0.370 e. The van der Waals surface area contributed by atoms with Crippen LogP contribution in [0.1, 0.15) is 47.2 Å². The topological polar surface area (TPSA) is 88.8 Å². The first-order chi connectivity index (χ1) is 18.0. The monoisotopic (exact) mass is 497 g/mol. The van der Waals surface area contributed by atoms with E-state index in [1.165, 1.54) is 29.3 Å². The molecule has 1 spiro atoms. The number of carbonyl (C=O) groups is 3. The number of para-hydroxylation sites is 1. The zero-order chi connectivity index (χ0) is 25.1. The molecule has 8 heteroatoms. The van der Waals surface area contributed by atoms with Gasteiger partial charge in [0.05, 0.1) is 0 Å². The molecule has 5 heterocycles. The van der Waals surface area contributed by atoms with Crippen LogP contribution in [0.15, 0.2) is 48.7 Å². The summed E-state index contributed by atoms with van der Waals surface area (Å²) in [6, 6.07) is 14.0. The number of H-pyrrole nitrogens is 1. The number of fused-ring (bicyclic) bond motifs is 2. The Kier molecular flexibility index (Phi) is 5.15. The minimum absolute atomic E-state index is 0.112. The van der Waals surface area contributed by atoms with Crippen molar-refractivity contribution in [2.45, 2.75) is 44.8 Å². The normalized spacial score (nSPS) is 23.5. The van der Waals surface area contributed by atoms with Crippen LogP contribution < -0.4 is 10.2 Å². The van der Waals surface area contributed by atoms with E-state index in [-0.39, 0.29) is 24.1 Å². The van der Waals surface area contributed by atoms with Crippen molar-refractivity contribution in [1.82, 2.24) is 20.1 Å². The van der Waals surface area contributed by atoms with Crippen molar-refractivity contribution in [2.75, 3.05) is 31.1 Å². The number of carbonyl (C=O) groups excluding carboxylic acids is 3. The first-order valence-electron chi connectivity index (χ1n) is 13.3. The summed E-state index contributed by atoms with van der Waals surface area (Å²) < 4.78 is 0. The molecule has 3 aromatic rings. The van der Waals surface area contributed by atoms with Gasteiger partial charge in [0, 0.05) is 66.4 Å². The lowest BCUT2D eigenvalue weighted by molar-refractivity contribution is -0.136. The van der Waals surface area contributed by atoms with Gasteiger partial charge in [0.2, 0.25) is 11.8 Å². The number of hydrogen-bond donors (Lipinski definition) is 2. The molecule has 1 unspecified atom stereocenters. The van der Waals surface area contributed by atoms with Gasteiger partial charge in [-0.05, 0) is 67.7 Å². The van der Waals surface area contributed by atoms with Crippen LogP contribution in [0.5, 0.6) is 0 Å². The number of aromatic amines is 1. The molecule has 3 amide bonds. The zero-order valence-electron chi connectivity index (χ0n) is 20.8. The van der Waals surface area contributed by atoms with Crippen LogP contribution in [-0.4, -0.2) is 64.7 Å². The molecule has 2 N–H and O–H groups in total. The highest BCUT2D eigenvalue weighted by Gasteiger charge is 2.45. The predicted octanol–water partition coefficient (Wildman–Crippen LogP) is 3.03. The van der Waals surface area contributed by atoms with E-state index in [9.17, 15) is 14.4 Å². The SMILES string of the molecule is O=C1CCC(N2Cc3cc(N4CC5(CCN(Cc6c[nH]c7ccccc67)CC5)C4)ccc3C2=O)C(=O)N1. The van der Waals surface area contributed by atoms with E-state index in [0.717, 1.165) is 44.0 Å². The summed E-state index contributed by atoms with van der Waals surface area (Å²) in [7, 11) is 0. The van der Waals surface area contributed by atoms with E-state index in [4.69, 9.17) is 0 Å². The van der Waals surface area contributed by atoms with Gasteiger partial charge in [-0.15, -0.1) is 0 Å². The van der Waals surface area contributed by atoms with Crippen molar-refractivity contribution in [3.8, 4) is 0 Å². The Hall–Kier alpha value is -3.65. The standard InChI is InChI=1S/C29H31N5O3/c35-26-8-7-25(27(36)31-26)34-16-19-13-21(5-6-23(19)28(34)37)33-17-29(18-33)9-11-32(12-10-29)15-20-14-30-24-4-2-1-3-22(20)24/h1-6,13-14,25,30H,7-12,15-18H2,(H,31,35,36). The number of nitrogens with zero attached hydrogens (tertiary/aromatic N) is 3. The van der Waals surface area contributed by atoms with E-state index in [0.29, 0.717) is 23.9 Å². The first-order valence-corrected chi connectivity index (χ1v) is 13.3. The van der Waals surface area contributed by atoms with Crippen LogP contribution >= 0.6 is 0 Å². The number of nitrogens with one attached hydrogen (secondary N) is 2. The Bertz CT molecular complexity index is 1410. The Morgan fingerprint density at radius 2 is 1.81 bits per heavy atom. The highest BCUT2D eigenvalue weighted by molar-refractivity contribution is 6.05. The first kappa shape index (κ1) is 22.5. The summed E-state index contributed by atoms with van der Waals surface area (Å²) in [5.41, 5.74) is 5.77. The second-order valence-corrected chi connectivity index (χ2v) is 11.2. The second kappa shape index (κ2) is 8.45. The average molecular weight is 498 g/mol. The van der Waals surface area contributed by atoms with Gasteiger partial charge >= 0.3 is 0 Å². The van der Waals surface area contributed by atoms with Crippen molar-refractivity contribution in [2.24, 2.45) is 5.41 Å². The molecule has 7 rings (SSSR count). The Balaban J connectivity index is 0.969. The molecule has 3 fully saturated rings. The van der Waals surface area contributed by atoms with Crippen LogP contribution in [-0.2, 0) is 22.7 Å². The van der Waals surface area contributed by atoms with Gasteiger partial charge in [-0.2, -0.15) is 0 Å². The molecule has 3 saturated heterocycles. The fourth-order valence-corrected chi connectivity index (χ4v) is 6.71. The molecule has 4 aliphatic rings. The molecule has 0 saturated carbocycles. The summed E-state index contributed by atoms with van der Waals surface area (Å²) in [6.07, 6.45) is 5.23. The fourth-order valence-electron chi connectivity index (χ4n) is 6.71. The highest BCUT2D eigenvalue weighted by Crippen LogP contribution is 2.44. The van der Waals surface area contributed by atoms with Crippen molar-refractivity contribution < 1.29 is 14.4 Å². The molecular formula is C29H31N5O3. The summed E-state index contributed by atoms with van der Waals surface area (Å²) in [5.74, 6) is -0.736. The van der Waals surface area contributed by atoms with Crippen LogP contribution in [0.3, 0.4) is 0 Å². The van der Waals surface area contributed by atoms with E-state index in [1.54, 1.807) is 4.90 Å². The van der Waals surface area contributed by atoms with Crippen LogP contribution in [0, 0.1) is 5.41 Å². The third-order valence-electron chi connectivity index (χ3n) is 8.91. The van der Waals surface area contributed by atoms with E-state index in [2.05, 4.69) is 56.6 Å². The number of hydrogen-bond acceptors (Lipinski definition) is 5. The maximum absolute atomic E-state index is 13.0.